The smallest absolute Gasteiger partial charge is 0.504 e. The standard InChI is InChI=1S/C24H15N2.C15H12N3.Ir/c1-26-13-21-18-9-8-17-11-15-5-2-3-6-16(15)12-20(17)23(18)19-7-4-10-25-24(19)22(21)14-26;1-16-10-15-13-7-3-2-6-12(13)14-8-4-5-9-17(14)18(15)11-16;/h2-13H,1H3;2-8,10-11H,1H3;/q2*-1;+3. The molecule has 2 aliphatic rings. The molecule has 0 aliphatic carbocycles. The number of aromatic nitrogens is 3. The van der Waals surface area contributed by atoms with Gasteiger partial charge in [-0.2, -0.15) is 6.07 Å². The molecule has 5 aromatic carbocycles. The molecule has 0 fully saturated rings. The molecule has 6 heteroatoms. The molecule has 8 aromatic rings. The summed E-state index contributed by atoms with van der Waals surface area (Å²) in [6.07, 6.45) is 12.8. The van der Waals surface area contributed by atoms with Gasteiger partial charge in [0, 0.05) is 17.3 Å². The summed E-state index contributed by atoms with van der Waals surface area (Å²) in [4.78, 5) is 6.76. The minimum Gasteiger partial charge on any atom is -0.504 e. The Morgan fingerprint density at radius 2 is 1.53 bits per heavy atom. The molecule has 0 saturated heterocycles. The molecule has 0 radical (unpaired) electrons. The number of hydrogen-bond donors (Lipinski definition) is 0. The molecule has 10 rings (SSSR count). The Morgan fingerprint density at radius 3 is 2.40 bits per heavy atom. The summed E-state index contributed by atoms with van der Waals surface area (Å²) in [6, 6.07) is 36.4. The van der Waals surface area contributed by atoms with E-state index in [4.69, 9.17) is 4.98 Å². The van der Waals surface area contributed by atoms with Crippen molar-refractivity contribution in [2.75, 3.05) is 12.1 Å². The fraction of sp³-hybridized carbons (Fsp3) is 0.0513. The Kier molecular flexibility index (Phi) is 6.45. The molecule has 0 atom stereocenters. The Morgan fingerprint density at radius 1 is 0.733 bits per heavy atom. The predicted octanol–water partition coefficient (Wildman–Crippen LogP) is 7.74. The number of hydrogen-bond acceptors (Lipinski definition) is 3. The third kappa shape index (κ3) is 4.25. The summed E-state index contributed by atoms with van der Waals surface area (Å²) in [7, 11) is 4.06. The van der Waals surface area contributed by atoms with Gasteiger partial charge in [-0.3, -0.25) is 5.01 Å². The maximum atomic E-state index is 4.70. The summed E-state index contributed by atoms with van der Waals surface area (Å²) in [5.41, 5.74) is 5.89. The Hall–Kier alpha value is -5.03. The Bertz CT molecular complexity index is 2480. The third-order valence-corrected chi connectivity index (χ3v) is 8.70. The number of fused-ring (bicyclic) bond motifs is 15. The van der Waals surface area contributed by atoms with Crippen LogP contribution in [0.2, 0.25) is 0 Å². The first-order valence-corrected chi connectivity index (χ1v) is 14.8. The van der Waals surface area contributed by atoms with Crippen molar-refractivity contribution in [3.8, 4) is 11.3 Å². The van der Waals surface area contributed by atoms with E-state index in [0.717, 1.165) is 16.6 Å². The average Bonchev–Trinajstić information content (AvgIpc) is 3.66. The van der Waals surface area contributed by atoms with E-state index in [0.29, 0.717) is 0 Å². The molecular formula is C39H27IrN5+. The second kappa shape index (κ2) is 10.6. The average molecular weight is 758 g/mol. The summed E-state index contributed by atoms with van der Waals surface area (Å²) >= 11 is 0. The van der Waals surface area contributed by atoms with Crippen LogP contribution in [0.25, 0.3) is 70.9 Å². The number of nitrogens with zero attached hydrogens (tertiary/aromatic N) is 5. The van der Waals surface area contributed by atoms with Crippen LogP contribution in [-0.2, 0) is 27.2 Å². The molecule has 45 heavy (non-hydrogen) atoms. The van der Waals surface area contributed by atoms with Gasteiger partial charge in [-0.25, -0.2) is 4.68 Å². The van der Waals surface area contributed by atoms with E-state index >= 15 is 0 Å². The molecule has 2 aliphatic heterocycles. The molecule has 5 heterocycles. The maximum absolute atomic E-state index is 4.70. The van der Waals surface area contributed by atoms with Gasteiger partial charge in [0.2, 0.25) is 0 Å². The zero-order valence-corrected chi connectivity index (χ0v) is 27.1. The van der Waals surface area contributed by atoms with Crippen molar-refractivity contribution >= 4 is 59.7 Å². The molecule has 216 valence electrons. The van der Waals surface area contributed by atoms with Gasteiger partial charge in [0.1, 0.15) is 11.9 Å². The first-order valence-electron chi connectivity index (χ1n) is 14.8. The zero-order chi connectivity index (χ0) is 29.4. The van der Waals surface area contributed by atoms with E-state index in [9.17, 15) is 0 Å². The first kappa shape index (κ1) is 27.5. The van der Waals surface area contributed by atoms with E-state index in [2.05, 4.69) is 131 Å². The summed E-state index contributed by atoms with van der Waals surface area (Å²) in [5.74, 6) is 0. The molecule has 3 aromatic heterocycles. The van der Waals surface area contributed by atoms with Crippen molar-refractivity contribution < 1.29 is 24.8 Å². The third-order valence-electron chi connectivity index (χ3n) is 8.70. The van der Waals surface area contributed by atoms with Gasteiger partial charge in [-0.1, -0.05) is 91.0 Å². The quantitative estimate of drug-likeness (QED) is 0.0687. The second-order valence-electron chi connectivity index (χ2n) is 11.5. The van der Waals surface area contributed by atoms with E-state index in [1.807, 2.05) is 43.1 Å². The number of aryl methyl sites for hydroxylation is 1. The number of benzene rings is 5. The van der Waals surface area contributed by atoms with Crippen LogP contribution in [0.15, 0.2) is 122 Å². The SMILES string of the molecule is CN1C=C2c3ccccc3-c3ccc[c-][n+]3N2[CH-]1.Cn1[c-]c2c(c1)c1ccc3cc4ccccc4cc3c1c1cccnc21.[Ir+3]. The van der Waals surface area contributed by atoms with Crippen LogP contribution in [-0.4, -0.2) is 21.5 Å². The van der Waals surface area contributed by atoms with Crippen LogP contribution in [0.3, 0.4) is 0 Å². The van der Waals surface area contributed by atoms with Crippen LogP contribution >= 0.6 is 0 Å². The van der Waals surface area contributed by atoms with Gasteiger partial charge in [-0.05, 0) is 76.3 Å². The monoisotopic (exact) mass is 758 g/mol. The molecule has 0 N–H and O–H groups in total. The topological polar surface area (TPSA) is 28.2 Å². The second-order valence-corrected chi connectivity index (χ2v) is 11.5. The van der Waals surface area contributed by atoms with Crippen molar-refractivity contribution in [2.24, 2.45) is 7.05 Å². The van der Waals surface area contributed by atoms with Crippen molar-refractivity contribution in [3.63, 3.8) is 0 Å². The largest absolute Gasteiger partial charge is 3.00 e. The van der Waals surface area contributed by atoms with Crippen molar-refractivity contribution in [1.82, 2.24) is 14.5 Å². The van der Waals surface area contributed by atoms with E-state index < -0.39 is 0 Å². The molecule has 0 unspecified atom stereocenters. The van der Waals surface area contributed by atoms with Crippen LogP contribution in [0.1, 0.15) is 5.56 Å². The van der Waals surface area contributed by atoms with E-state index in [1.54, 1.807) is 0 Å². The van der Waals surface area contributed by atoms with Crippen LogP contribution in [0, 0.1) is 19.1 Å². The van der Waals surface area contributed by atoms with Crippen molar-refractivity contribution in [1.29, 1.82) is 0 Å². The summed E-state index contributed by atoms with van der Waals surface area (Å²) in [6.45, 7) is 2.06. The van der Waals surface area contributed by atoms with Crippen molar-refractivity contribution in [2.45, 2.75) is 0 Å². The van der Waals surface area contributed by atoms with Gasteiger partial charge in [0.25, 0.3) is 0 Å². The number of rotatable bonds is 0. The predicted molar refractivity (Wildman–Crippen MR) is 179 cm³/mol. The Labute approximate surface area is 274 Å². The molecule has 0 amide bonds. The fourth-order valence-corrected chi connectivity index (χ4v) is 6.82. The molecule has 0 spiro atoms. The van der Waals surface area contributed by atoms with E-state index in [1.165, 1.54) is 59.9 Å². The normalized spacial score (nSPS) is 13.3. The van der Waals surface area contributed by atoms with Gasteiger partial charge in [0.05, 0.1) is 5.70 Å². The molecular weight excluding hydrogens is 731 g/mol. The van der Waals surface area contributed by atoms with Crippen LogP contribution < -0.4 is 9.69 Å². The van der Waals surface area contributed by atoms with Gasteiger partial charge >= 0.3 is 20.1 Å². The zero-order valence-electron chi connectivity index (χ0n) is 24.7. The fourth-order valence-electron chi connectivity index (χ4n) is 6.82. The minimum absolute atomic E-state index is 0. The van der Waals surface area contributed by atoms with Crippen LogP contribution in [0.4, 0.5) is 0 Å². The molecule has 0 saturated carbocycles. The summed E-state index contributed by atoms with van der Waals surface area (Å²) < 4.78 is 4.06. The van der Waals surface area contributed by atoms with Gasteiger partial charge in [0.15, 0.2) is 0 Å². The van der Waals surface area contributed by atoms with Crippen molar-refractivity contribution in [3.05, 3.63) is 146 Å². The minimum atomic E-state index is 0. The maximum Gasteiger partial charge on any atom is 3.00 e. The van der Waals surface area contributed by atoms with Crippen LogP contribution in [0.5, 0.6) is 0 Å². The van der Waals surface area contributed by atoms with Gasteiger partial charge < -0.3 is 14.5 Å². The molecule has 0 bridgehead atoms. The van der Waals surface area contributed by atoms with Gasteiger partial charge in [-0.15, -0.1) is 23.0 Å². The van der Waals surface area contributed by atoms with E-state index in [-0.39, 0.29) is 20.1 Å². The Balaban J connectivity index is 0.000000139. The molecule has 5 nitrogen and oxygen atoms in total. The number of pyridine rings is 2. The first-order chi connectivity index (χ1) is 21.6. The summed E-state index contributed by atoms with van der Waals surface area (Å²) in [5, 5.41) is 13.3.